The summed E-state index contributed by atoms with van der Waals surface area (Å²) >= 11 is 1.43. The van der Waals surface area contributed by atoms with Gasteiger partial charge in [-0.1, -0.05) is 0 Å². The molecule has 6 aromatic rings. The summed E-state index contributed by atoms with van der Waals surface area (Å²) in [5, 5.41) is 6.03. The van der Waals surface area contributed by atoms with Crippen LogP contribution in [0.5, 0.6) is 0 Å². The normalized spacial score (nSPS) is 12.4. The molecule has 11 heteroatoms. The van der Waals surface area contributed by atoms with Crippen LogP contribution in [-0.4, -0.2) is 34.7 Å². The number of halogens is 2. The highest BCUT2D eigenvalue weighted by atomic mass is 32.1. The van der Waals surface area contributed by atoms with Gasteiger partial charge in [-0.3, -0.25) is 9.97 Å². The van der Waals surface area contributed by atoms with Gasteiger partial charge in [0.1, 0.15) is 29.5 Å². The maximum atomic E-state index is 14.1. The number of nitrogens with two attached hydrogens (primary N) is 1. The molecule has 8 nitrogen and oxygen atoms in total. The summed E-state index contributed by atoms with van der Waals surface area (Å²) in [6.07, 6.45) is 5.77. The predicted octanol–water partition coefficient (Wildman–Crippen LogP) is 5.03. The van der Waals surface area contributed by atoms with E-state index in [0.29, 0.717) is 50.3 Å². The average Bonchev–Trinajstić information content (AvgIpc) is 3.51. The Morgan fingerprint density at radius 3 is 2.69 bits per heavy atom. The van der Waals surface area contributed by atoms with E-state index < -0.39 is 11.9 Å². The Hall–Kier alpha value is -4.38. The largest absolute Gasteiger partial charge is 0.383 e. The lowest BCUT2D eigenvalue weighted by Crippen LogP contribution is -2.13. The number of nitrogen functional groups attached to an aromatic ring is 1. The smallest absolute Gasteiger partial charge is 0.164 e. The number of rotatable bonds is 4. The molecule has 0 aliphatic rings. The molecule has 5 heterocycles. The van der Waals surface area contributed by atoms with Crippen molar-refractivity contribution in [1.82, 2.24) is 34.7 Å². The zero-order valence-electron chi connectivity index (χ0n) is 18.2. The van der Waals surface area contributed by atoms with E-state index in [-0.39, 0.29) is 5.82 Å². The maximum absolute atomic E-state index is 14.1. The summed E-state index contributed by atoms with van der Waals surface area (Å²) in [6, 6.07) is 7.06. The van der Waals surface area contributed by atoms with Gasteiger partial charge in [0.15, 0.2) is 5.65 Å². The minimum Gasteiger partial charge on any atom is -0.383 e. The first-order chi connectivity index (χ1) is 17.0. The van der Waals surface area contributed by atoms with Crippen molar-refractivity contribution in [2.45, 2.75) is 13.0 Å². The van der Waals surface area contributed by atoms with E-state index in [1.54, 1.807) is 34.7 Å². The Morgan fingerprint density at radius 2 is 1.89 bits per heavy atom. The number of pyridine rings is 2. The second kappa shape index (κ2) is 8.13. The van der Waals surface area contributed by atoms with Gasteiger partial charge in [-0.2, -0.15) is 5.10 Å². The number of nitrogens with zero attached hydrogens (tertiary/aromatic N) is 7. The van der Waals surface area contributed by atoms with Gasteiger partial charge < -0.3 is 5.73 Å². The quantitative estimate of drug-likeness (QED) is 0.372. The Balaban J connectivity index is 1.62. The lowest BCUT2D eigenvalue weighted by Gasteiger charge is -2.18. The number of fused-ring (bicyclic) bond motifs is 2. The molecule has 1 aromatic carbocycles. The van der Waals surface area contributed by atoms with Crippen molar-refractivity contribution in [1.29, 1.82) is 0 Å². The van der Waals surface area contributed by atoms with Crippen LogP contribution >= 0.6 is 11.3 Å². The van der Waals surface area contributed by atoms with E-state index in [1.807, 2.05) is 6.92 Å². The van der Waals surface area contributed by atoms with E-state index in [0.717, 1.165) is 11.1 Å². The molecule has 172 valence electrons. The van der Waals surface area contributed by atoms with E-state index in [1.165, 1.54) is 35.9 Å². The molecule has 0 spiro atoms. The highest BCUT2D eigenvalue weighted by Crippen LogP contribution is 2.37. The van der Waals surface area contributed by atoms with Crippen LogP contribution in [0.2, 0.25) is 0 Å². The van der Waals surface area contributed by atoms with Crippen LogP contribution in [0.4, 0.5) is 14.6 Å². The Labute approximate surface area is 201 Å². The first-order valence-corrected chi connectivity index (χ1v) is 11.5. The molecule has 2 N–H and O–H groups in total. The van der Waals surface area contributed by atoms with Crippen LogP contribution in [-0.2, 0) is 0 Å². The van der Waals surface area contributed by atoms with Gasteiger partial charge in [0, 0.05) is 28.9 Å². The third-order valence-corrected chi connectivity index (χ3v) is 6.55. The molecule has 1 atom stereocenters. The topological polar surface area (TPSA) is 108 Å². The molecule has 0 fully saturated rings. The SMILES string of the molecule is CC(c1nc2ccc(F)cc2cc1-c1cncc(F)c1)n1nc(-c2cncs2)c2c(N)ncnc21. The summed E-state index contributed by atoms with van der Waals surface area (Å²) in [7, 11) is 0. The zero-order chi connectivity index (χ0) is 24.1. The molecule has 0 bridgehead atoms. The van der Waals surface area contributed by atoms with Gasteiger partial charge in [0.25, 0.3) is 0 Å². The Bertz CT molecular complexity index is 1710. The van der Waals surface area contributed by atoms with E-state index in [2.05, 4.69) is 19.9 Å². The molecule has 0 amide bonds. The summed E-state index contributed by atoms with van der Waals surface area (Å²) < 4.78 is 29.8. The lowest BCUT2D eigenvalue weighted by molar-refractivity contribution is 0.569. The fourth-order valence-electron chi connectivity index (χ4n) is 4.16. The Morgan fingerprint density at radius 1 is 1.00 bits per heavy atom. The van der Waals surface area contributed by atoms with Gasteiger partial charge in [-0.05, 0) is 37.3 Å². The third kappa shape index (κ3) is 3.56. The molecular formula is C24H16F2N8S. The molecule has 5 aromatic heterocycles. The van der Waals surface area contributed by atoms with Crippen molar-refractivity contribution in [2.24, 2.45) is 0 Å². The molecule has 1 unspecified atom stereocenters. The molecule has 0 saturated carbocycles. The van der Waals surface area contributed by atoms with Gasteiger partial charge in [-0.15, -0.1) is 11.3 Å². The molecule has 6 rings (SSSR count). The van der Waals surface area contributed by atoms with Gasteiger partial charge in [0.05, 0.1) is 39.2 Å². The number of thiazole rings is 1. The predicted molar refractivity (Wildman–Crippen MR) is 130 cm³/mol. The number of anilines is 1. The van der Waals surface area contributed by atoms with Crippen LogP contribution in [0.15, 0.2) is 60.8 Å². The van der Waals surface area contributed by atoms with Crippen molar-refractivity contribution in [3.05, 3.63) is 78.1 Å². The van der Waals surface area contributed by atoms with Crippen LogP contribution < -0.4 is 5.73 Å². The zero-order valence-corrected chi connectivity index (χ0v) is 19.0. The van der Waals surface area contributed by atoms with Crippen molar-refractivity contribution in [3.63, 3.8) is 0 Å². The van der Waals surface area contributed by atoms with Crippen molar-refractivity contribution >= 4 is 39.1 Å². The highest BCUT2D eigenvalue weighted by molar-refractivity contribution is 7.13. The van der Waals surface area contributed by atoms with Gasteiger partial charge in [-0.25, -0.2) is 28.4 Å². The summed E-state index contributed by atoms with van der Waals surface area (Å²) in [5.41, 5.74) is 11.4. The molecule has 0 saturated heterocycles. The molecular weight excluding hydrogens is 470 g/mol. The summed E-state index contributed by atoms with van der Waals surface area (Å²) in [5.74, 6) is -0.575. The molecule has 0 aliphatic heterocycles. The lowest BCUT2D eigenvalue weighted by atomic mass is 9.99. The maximum Gasteiger partial charge on any atom is 0.164 e. The standard InChI is InChI=1S/C24H16F2N8S/c1-12(34-24-20(23(27)30-10-31-24)22(33-34)19-9-29-11-35-19)21-17(14-5-16(26)8-28-7-14)6-13-4-15(25)2-3-18(13)32-21/h2-12H,1H3,(H2,27,30,31). The van der Waals surface area contributed by atoms with E-state index in [4.69, 9.17) is 15.8 Å². The van der Waals surface area contributed by atoms with E-state index in [9.17, 15) is 8.78 Å². The number of benzene rings is 1. The second-order valence-corrected chi connectivity index (χ2v) is 8.83. The summed E-state index contributed by atoms with van der Waals surface area (Å²) in [6.45, 7) is 1.91. The third-order valence-electron chi connectivity index (χ3n) is 5.77. The monoisotopic (exact) mass is 486 g/mol. The van der Waals surface area contributed by atoms with Gasteiger partial charge >= 0.3 is 0 Å². The summed E-state index contributed by atoms with van der Waals surface area (Å²) in [4.78, 5) is 22.4. The first kappa shape index (κ1) is 21.2. The first-order valence-electron chi connectivity index (χ1n) is 10.6. The van der Waals surface area contributed by atoms with Gasteiger partial charge in [0.2, 0.25) is 0 Å². The van der Waals surface area contributed by atoms with Crippen LogP contribution in [0.1, 0.15) is 18.7 Å². The molecule has 0 radical (unpaired) electrons. The number of aromatic nitrogens is 7. The highest BCUT2D eigenvalue weighted by Gasteiger charge is 2.25. The minimum atomic E-state index is -0.488. The fraction of sp³-hybridized carbons (Fsp3) is 0.0833. The molecule has 35 heavy (non-hydrogen) atoms. The van der Waals surface area contributed by atoms with Crippen LogP contribution in [0, 0.1) is 11.6 Å². The minimum absolute atomic E-state index is 0.299. The van der Waals surface area contributed by atoms with Crippen molar-refractivity contribution in [2.75, 3.05) is 5.73 Å². The van der Waals surface area contributed by atoms with Crippen LogP contribution in [0.3, 0.4) is 0 Å². The van der Waals surface area contributed by atoms with E-state index >= 15 is 0 Å². The molecule has 0 aliphatic carbocycles. The van der Waals surface area contributed by atoms with Crippen molar-refractivity contribution in [3.8, 4) is 21.7 Å². The van der Waals surface area contributed by atoms with Crippen LogP contribution in [0.25, 0.3) is 43.6 Å². The number of hydrogen-bond donors (Lipinski definition) is 1. The fourth-order valence-corrected chi connectivity index (χ4v) is 4.77. The average molecular weight is 487 g/mol. The Kier molecular flexibility index (Phi) is 4.92. The second-order valence-electron chi connectivity index (χ2n) is 7.94. The number of hydrogen-bond acceptors (Lipinski definition) is 8. The van der Waals surface area contributed by atoms with Crippen molar-refractivity contribution < 1.29 is 8.78 Å².